The average molecular weight is 319 g/mol. The molecule has 118 valence electrons. The second kappa shape index (κ2) is 6.93. The van der Waals surface area contributed by atoms with Gasteiger partial charge in [0, 0.05) is 6.07 Å². The number of aromatic hydroxyl groups is 2. The number of nitro groups is 1. The minimum atomic E-state index is -0.830. The third-order valence-electron chi connectivity index (χ3n) is 3.92. The molecule has 7 nitrogen and oxygen atoms in total. The van der Waals surface area contributed by atoms with Gasteiger partial charge in [0.25, 0.3) is 0 Å². The van der Waals surface area contributed by atoms with Gasteiger partial charge in [-0.2, -0.15) is 0 Å². The molecule has 0 saturated heterocycles. The number of benzene rings is 1. The number of phenols is 2. The van der Waals surface area contributed by atoms with Crippen molar-refractivity contribution in [1.29, 1.82) is 0 Å². The summed E-state index contributed by atoms with van der Waals surface area (Å²) in [6.45, 7) is 0. The van der Waals surface area contributed by atoms with E-state index in [1.165, 1.54) is 0 Å². The molecule has 0 amide bonds. The third-order valence-corrected chi connectivity index (χ3v) is 3.92. The van der Waals surface area contributed by atoms with Crippen LogP contribution in [0.3, 0.4) is 0 Å². The van der Waals surface area contributed by atoms with Crippen molar-refractivity contribution in [3.05, 3.63) is 27.8 Å². The van der Waals surface area contributed by atoms with Crippen LogP contribution in [0.25, 0.3) is 0 Å². The number of hydrogen-bond donors (Lipinski definition) is 4. The van der Waals surface area contributed by atoms with Gasteiger partial charge in [-0.3, -0.25) is 10.1 Å². The van der Waals surface area contributed by atoms with Crippen molar-refractivity contribution in [3.8, 4) is 11.5 Å². The molecule has 5 N–H and O–H groups in total. The Morgan fingerprint density at radius 2 is 1.86 bits per heavy atom. The first-order valence-electron chi connectivity index (χ1n) is 6.55. The molecule has 0 spiro atoms. The van der Waals surface area contributed by atoms with Gasteiger partial charge < -0.3 is 21.1 Å². The molecular weight excluding hydrogens is 300 g/mol. The molecule has 1 aromatic rings. The summed E-state index contributed by atoms with van der Waals surface area (Å²) >= 11 is 0. The summed E-state index contributed by atoms with van der Waals surface area (Å²) in [5.74, 6) is -1.33. The number of aliphatic hydroxyl groups excluding tert-OH is 1. The molecule has 2 rings (SSSR count). The first-order valence-corrected chi connectivity index (χ1v) is 6.55. The lowest BCUT2D eigenvalue weighted by Gasteiger charge is -2.24. The zero-order valence-corrected chi connectivity index (χ0v) is 12.1. The molecular formula is C13H19ClN2O5. The summed E-state index contributed by atoms with van der Waals surface area (Å²) in [6.07, 6.45) is 3.01. The lowest BCUT2D eigenvalue weighted by molar-refractivity contribution is -0.386. The topological polar surface area (TPSA) is 130 Å². The van der Waals surface area contributed by atoms with Gasteiger partial charge in [-0.05, 0) is 30.4 Å². The van der Waals surface area contributed by atoms with Gasteiger partial charge in [-0.1, -0.05) is 12.8 Å². The highest BCUT2D eigenvalue weighted by atomic mass is 35.5. The van der Waals surface area contributed by atoms with Crippen LogP contribution in [-0.4, -0.2) is 26.3 Å². The Morgan fingerprint density at radius 3 is 2.38 bits per heavy atom. The molecule has 0 heterocycles. The van der Waals surface area contributed by atoms with E-state index in [2.05, 4.69) is 0 Å². The lowest BCUT2D eigenvalue weighted by Crippen LogP contribution is -2.31. The SMILES string of the molecule is Cl.N[C@H](c1cc(O)c(O)c([N+](=O)[O-])c1)[C@@H](O)C1CCCC1. The van der Waals surface area contributed by atoms with Gasteiger partial charge in [-0.25, -0.2) is 0 Å². The fourth-order valence-corrected chi connectivity index (χ4v) is 2.75. The van der Waals surface area contributed by atoms with E-state index < -0.39 is 34.3 Å². The highest BCUT2D eigenvalue weighted by Gasteiger charge is 2.30. The van der Waals surface area contributed by atoms with Crippen LogP contribution in [0.1, 0.15) is 37.3 Å². The van der Waals surface area contributed by atoms with E-state index in [1.807, 2.05) is 0 Å². The van der Waals surface area contributed by atoms with Gasteiger partial charge in [-0.15, -0.1) is 12.4 Å². The Kier molecular flexibility index (Phi) is 5.77. The second-order valence-corrected chi connectivity index (χ2v) is 5.23. The van der Waals surface area contributed by atoms with Crippen molar-refractivity contribution in [2.24, 2.45) is 11.7 Å². The van der Waals surface area contributed by atoms with Crippen molar-refractivity contribution >= 4 is 18.1 Å². The molecule has 0 aromatic heterocycles. The first-order chi connectivity index (χ1) is 9.41. The second-order valence-electron chi connectivity index (χ2n) is 5.23. The quantitative estimate of drug-likeness (QED) is 0.381. The number of halogens is 1. The van der Waals surface area contributed by atoms with Crippen LogP contribution in [-0.2, 0) is 0 Å². The molecule has 1 aliphatic rings. The largest absolute Gasteiger partial charge is 0.504 e. The van der Waals surface area contributed by atoms with Gasteiger partial charge in [0.1, 0.15) is 0 Å². The highest BCUT2D eigenvalue weighted by Crippen LogP contribution is 2.39. The van der Waals surface area contributed by atoms with E-state index >= 15 is 0 Å². The fourth-order valence-electron chi connectivity index (χ4n) is 2.75. The summed E-state index contributed by atoms with van der Waals surface area (Å²) in [7, 11) is 0. The van der Waals surface area contributed by atoms with Crippen LogP contribution in [0.2, 0.25) is 0 Å². The molecule has 1 saturated carbocycles. The van der Waals surface area contributed by atoms with E-state index in [0.717, 1.165) is 37.8 Å². The van der Waals surface area contributed by atoms with Crippen molar-refractivity contribution in [3.63, 3.8) is 0 Å². The van der Waals surface area contributed by atoms with Crippen molar-refractivity contribution in [2.45, 2.75) is 37.8 Å². The number of aliphatic hydroxyl groups is 1. The third kappa shape index (κ3) is 3.55. The Labute approximate surface area is 128 Å². The van der Waals surface area contributed by atoms with Crippen LogP contribution < -0.4 is 5.73 Å². The molecule has 8 heteroatoms. The number of phenolic OH excluding ortho intramolecular Hbond substituents is 2. The maximum absolute atomic E-state index is 10.8. The smallest absolute Gasteiger partial charge is 0.314 e. The molecule has 0 bridgehead atoms. The summed E-state index contributed by atoms with van der Waals surface area (Å²) in [5.41, 5.74) is 5.57. The van der Waals surface area contributed by atoms with Gasteiger partial charge in [0.15, 0.2) is 5.75 Å². The first kappa shape index (κ1) is 17.5. The Morgan fingerprint density at radius 1 is 1.29 bits per heavy atom. The van der Waals surface area contributed by atoms with E-state index in [-0.39, 0.29) is 23.9 Å². The Bertz CT molecular complexity index is 520. The zero-order valence-electron chi connectivity index (χ0n) is 11.3. The number of nitrogens with two attached hydrogens (primary N) is 1. The summed E-state index contributed by atoms with van der Waals surface area (Å²) in [4.78, 5) is 10.0. The molecule has 21 heavy (non-hydrogen) atoms. The summed E-state index contributed by atoms with van der Waals surface area (Å²) in [6, 6.07) is 1.42. The zero-order chi connectivity index (χ0) is 14.9. The monoisotopic (exact) mass is 318 g/mol. The van der Waals surface area contributed by atoms with Crippen molar-refractivity contribution < 1.29 is 20.2 Å². The van der Waals surface area contributed by atoms with E-state index in [0.29, 0.717) is 0 Å². The van der Waals surface area contributed by atoms with E-state index in [1.54, 1.807) is 0 Å². The molecule has 1 aromatic carbocycles. The maximum Gasteiger partial charge on any atom is 0.314 e. The predicted octanol–water partition coefficient (Wildman–Crippen LogP) is 1.98. The molecule has 0 aliphatic heterocycles. The van der Waals surface area contributed by atoms with Gasteiger partial charge >= 0.3 is 5.69 Å². The standard InChI is InChI=1S/C13H18N2O5.ClH/c14-11(12(17)7-3-1-2-4-7)8-5-9(15(19)20)13(18)10(16)6-8;/h5-7,11-12,16-18H,1-4,14H2;1H/t11-,12+;/m1./s1. The number of nitrogens with zero attached hydrogens (tertiary/aromatic N) is 1. The van der Waals surface area contributed by atoms with Crippen LogP contribution >= 0.6 is 12.4 Å². The van der Waals surface area contributed by atoms with E-state index in [4.69, 9.17) is 5.73 Å². The molecule has 0 radical (unpaired) electrons. The van der Waals surface area contributed by atoms with Crippen LogP contribution in [0.5, 0.6) is 11.5 Å². The predicted molar refractivity (Wildman–Crippen MR) is 78.6 cm³/mol. The minimum Gasteiger partial charge on any atom is -0.504 e. The van der Waals surface area contributed by atoms with Crippen LogP contribution in [0.4, 0.5) is 5.69 Å². The molecule has 0 unspecified atom stereocenters. The van der Waals surface area contributed by atoms with Crippen LogP contribution in [0.15, 0.2) is 12.1 Å². The summed E-state index contributed by atoms with van der Waals surface area (Å²) in [5, 5.41) is 40.0. The maximum atomic E-state index is 10.8. The summed E-state index contributed by atoms with van der Waals surface area (Å²) < 4.78 is 0. The normalized spacial score (nSPS) is 18.0. The van der Waals surface area contributed by atoms with E-state index in [9.17, 15) is 25.4 Å². The lowest BCUT2D eigenvalue weighted by atomic mass is 9.90. The minimum absolute atomic E-state index is 0. The number of hydrogen-bond acceptors (Lipinski definition) is 6. The Hall–Kier alpha value is -1.57. The van der Waals surface area contributed by atoms with Crippen molar-refractivity contribution in [1.82, 2.24) is 0 Å². The molecule has 1 fully saturated rings. The average Bonchev–Trinajstić information content (AvgIpc) is 2.93. The Balaban J connectivity index is 0.00000220. The number of rotatable bonds is 4. The fraction of sp³-hybridized carbons (Fsp3) is 0.538. The molecule has 1 aliphatic carbocycles. The van der Waals surface area contributed by atoms with Crippen molar-refractivity contribution in [2.75, 3.05) is 0 Å². The van der Waals surface area contributed by atoms with Gasteiger partial charge in [0.2, 0.25) is 5.75 Å². The molecule has 2 atom stereocenters. The number of nitro benzene ring substituents is 1. The highest BCUT2D eigenvalue weighted by molar-refractivity contribution is 5.85. The van der Waals surface area contributed by atoms with Crippen LogP contribution in [0, 0.1) is 16.0 Å². The van der Waals surface area contributed by atoms with Gasteiger partial charge in [0.05, 0.1) is 17.1 Å².